The van der Waals surface area contributed by atoms with Gasteiger partial charge in [0.05, 0.1) is 11.0 Å². The summed E-state index contributed by atoms with van der Waals surface area (Å²) in [5.41, 5.74) is 13.6. The van der Waals surface area contributed by atoms with Crippen molar-refractivity contribution < 1.29 is 0 Å². The molecule has 0 bridgehead atoms. The zero-order chi connectivity index (χ0) is 30.8. The van der Waals surface area contributed by atoms with Gasteiger partial charge >= 0.3 is 0 Å². The van der Waals surface area contributed by atoms with Crippen molar-refractivity contribution in [3.63, 3.8) is 0 Å². The molecule has 2 aliphatic carbocycles. The van der Waals surface area contributed by atoms with Gasteiger partial charge in [0.25, 0.3) is 0 Å². The maximum absolute atomic E-state index is 5.23. The Morgan fingerprint density at radius 2 is 1.26 bits per heavy atom. The number of benzene rings is 5. The van der Waals surface area contributed by atoms with Crippen LogP contribution in [0.4, 0.5) is 0 Å². The van der Waals surface area contributed by atoms with Crippen LogP contribution in [0.25, 0.3) is 65.9 Å². The number of allylic oxidation sites excluding steroid dienone is 9. The highest BCUT2D eigenvalue weighted by Gasteiger charge is 2.30. The van der Waals surface area contributed by atoms with Crippen LogP contribution in [0.2, 0.25) is 0 Å². The fourth-order valence-electron chi connectivity index (χ4n) is 7.42. The standard InChI is InChI=1S/C44H30N2/c1-27-36-16-9-10-17-37(36)28(2)41(40(27)29-12-4-3-5-13-29)30-20-22-31(23-21-30)42-38-18-8-6-14-32(38)24-34-26-35-25-33-15-7-11-19-39(33)45-44(35)46-43(34)42/h3-26,36H,1H2,2H3/t36-/m0/s1. The number of rotatable bonds is 3. The lowest BCUT2D eigenvalue weighted by atomic mass is 9.71. The minimum atomic E-state index is 0.192. The molecule has 2 aliphatic rings. The van der Waals surface area contributed by atoms with E-state index < -0.39 is 0 Å². The molecule has 216 valence electrons. The zero-order valence-electron chi connectivity index (χ0n) is 25.5. The van der Waals surface area contributed by atoms with Gasteiger partial charge in [0.15, 0.2) is 5.65 Å². The summed E-state index contributed by atoms with van der Waals surface area (Å²) in [6, 6.07) is 43.3. The van der Waals surface area contributed by atoms with Crippen molar-refractivity contribution >= 4 is 54.8 Å². The number of pyridine rings is 2. The van der Waals surface area contributed by atoms with Crippen LogP contribution in [0.3, 0.4) is 0 Å². The lowest BCUT2D eigenvalue weighted by Crippen LogP contribution is -2.15. The van der Waals surface area contributed by atoms with Crippen molar-refractivity contribution in [2.45, 2.75) is 6.92 Å². The van der Waals surface area contributed by atoms with Crippen LogP contribution in [-0.4, -0.2) is 9.97 Å². The Morgan fingerprint density at radius 1 is 0.587 bits per heavy atom. The molecule has 9 rings (SSSR count). The van der Waals surface area contributed by atoms with E-state index in [2.05, 4.69) is 153 Å². The van der Waals surface area contributed by atoms with Gasteiger partial charge in [-0.05, 0) is 86.5 Å². The molecule has 0 unspecified atom stereocenters. The maximum Gasteiger partial charge on any atom is 0.160 e. The second-order valence-electron chi connectivity index (χ2n) is 12.3. The minimum Gasteiger partial charge on any atom is -0.228 e. The van der Waals surface area contributed by atoms with Crippen molar-refractivity contribution in [3.05, 3.63) is 180 Å². The number of para-hydroxylation sites is 1. The van der Waals surface area contributed by atoms with Crippen molar-refractivity contribution in [3.8, 4) is 11.1 Å². The molecule has 0 N–H and O–H groups in total. The Labute approximate surface area is 268 Å². The summed E-state index contributed by atoms with van der Waals surface area (Å²) >= 11 is 0. The molecule has 0 fully saturated rings. The monoisotopic (exact) mass is 586 g/mol. The van der Waals surface area contributed by atoms with Gasteiger partial charge in [-0.15, -0.1) is 0 Å². The number of fused-ring (bicyclic) bond motifs is 5. The predicted molar refractivity (Wildman–Crippen MR) is 194 cm³/mol. The molecule has 2 nitrogen and oxygen atoms in total. The van der Waals surface area contributed by atoms with Gasteiger partial charge in [-0.1, -0.05) is 128 Å². The summed E-state index contributed by atoms with van der Waals surface area (Å²) in [7, 11) is 0. The van der Waals surface area contributed by atoms with Gasteiger partial charge in [-0.25, -0.2) is 9.97 Å². The molecular weight excluding hydrogens is 556 g/mol. The molecule has 46 heavy (non-hydrogen) atoms. The number of hydrogen-bond acceptors (Lipinski definition) is 2. The summed E-state index contributed by atoms with van der Waals surface area (Å²) in [5, 5.41) is 5.67. The van der Waals surface area contributed by atoms with E-state index in [1.165, 1.54) is 44.2 Å². The summed E-state index contributed by atoms with van der Waals surface area (Å²) < 4.78 is 0. The largest absolute Gasteiger partial charge is 0.228 e. The maximum atomic E-state index is 5.23. The van der Waals surface area contributed by atoms with E-state index in [-0.39, 0.29) is 5.92 Å². The summed E-state index contributed by atoms with van der Waals surface area (Å²) in [4.78, 5) is 10.2. The molecule has 1 atom stereocenters. The molecule has 0 radical (unpaired) electrons. The molecule has 7 aromatic rings. The van der Waals surface area contributed by atoms with E-state index in [0.29, 0.717) is 0 Å². The predicted octanol–water partition coefficient (Wildman–Crippen LogP) is 11.3. The second kappa shape index (κ2) is 10.4. The molecule has 0 saturated heterocycles. The Hall–Kier alpha value is -5.86. The van der Waals surface area contributed by atoms with Crippen LogP contribution >= 0.6 is 0 Å². The molecule has 2 heteroatoms. The quantitative estimate of drug-likeness (QED) is 0.193. The average molecular weight is 587 g/mol. The van der Waals surface area contributed by atoms with Crippen molar-refractivity contribution in [2.75, 3.05) is 0 Å². The Morgan fingerprint density at radius 3 is 2.11 bits per heavy atom. The molecular formula is C44H30N2. The Kier molecular flexibility index (Phi) is 5.97. The third-order valence-corrected chi connectivity index (χ3v) is 9.62. The van der Waals surface area contributed by atoms with E-state index in [4.69, 9.17) is 9.97 Å². The topological polar surface area (TPSA) is 25.8 Å². The smallest absolute Gasteiger partial charge is 0.160 e. The third-order valence-electron chi connectivity index (χ3n) is 9.62. The van der Waals surface area contributed by atoms with Crippen molar-refractivity contribution in [1.82, 2.24) is 9.97 Å². The van der Waals surface area contributed by atoms with E-state index in [0.717, 1.165) is 49.5 Å². The molecule has 0 aliphatic heterocycles. The third kappa shape index (κ3) is 4.11. The molecule has 0 saturated carbocycles. The summed E-state index contributed by atoms with van der Waals surface area (Å²) in [6.45, 7) is 6.91. The van der Waals surface area contributed by atoms with Crippen LogP contribution in [0.1, 0.15) is 18.1 Å². The zero-order valence-corrected chi connectivity index (χ0v) is 25.5. The van der Waals surface area contributed by atoms with Crippen molar-refractivity contribution in [1.29, 1.82) is 0 Å². The van der Waals surface area contributed by atoms with Crippen LogP contribution in [0, 0.1) is 5.92 Å². The SMILES string of the molecule is C=C1C(c2ccccc2)=C(c2ccc(-c3c4ccccc4cc4cc5cc6ccccc6nc5nc34)cc2)C(C)=C2C=CC=C[C@@H]12. The molecule has 0 amide bonds. The number of aromatic nitrogens is 2. The van der Waals surface area contributed by atoms with Crippen LogP contribution in [0.15, 0.2) is 169 Å². The molecule has 2 aromatic heterocycles. The van der Waals surface area contributed by atoms with Gasteiger partial charge in [-0.2, -0.15) is 0 Å². The van der Waals surface area contributed by atoms with Gasteiger partial charge in [-0.3, -0.25) is 0 Å². The normalized spacial score (nSPS) is 16.3. The highest BCUT2D eigenvalue weighted by Crippen LogP contribution is 2.48. The van der Waals surface area contributed by atoms with E-state index >= 15 is 0 Å². The van der Waals surface area contributed by atoms with Gasteiger partial charge in [0.1, 0.15) is 0 Å². The average Bonchev–Trinajstić information content (AvgIpc) is 3.11. The Bertz CT molecular complexity index is 2530. The first kappa shape index (κ1) is 26.5. The van der Waals surface area contributed by atoms with Crippen LogP contribution in [-0.2, 0) is 0 Å². The molecule has 2 heterocycles. The van der Waals surface area contributed by atoms with E-state index in [1.54, 1.807) is 0 Å². The summed E-state index contributed by atoms with van der Waals surface area (Å²) in [5.74, 6) is 0.192. The van der Waals surface area contributed by atoms with E-state index in [9.17, 15) is 0 Å². The highest BCUT2D eigenvalue weighted by molar-refractivity contribution is 6.14. The lowest BCUT2D eigenvalue weighted by molar-refractivity contribution is 0.930. The highest BCUT2D eigenvalue weighted by atomic mass is 14.8. The minimum absolute atomic E-state index is 0.192. The lowest BCUT2D eigenvalue weighted by Gasteiger charge is -2.32. The molecule has 0 spiro atoms. The fraction of sp³-hybridized carbons (Fsp3) is 0.0455. The van der Waals surface area contributed by atoms with Crippen LogP contribution < -0.4 is 0 Å². The Balaban J connectivity index is 1.26. The van der Waals surface area contributed by atoms with Gasteiger partial charge in [0.2, 0.25) is 0 Å². The first-order valence-corrected chi connectivity index (χ1v) is 15.8. The number of nitrogens with zero attached hydrogens (tertiary/aromatic N) is 2. The van der Waals surface area contributed by atoms with Crippen molar-refractivity contribution in [2.24, 2.45) is 5.92 Å². The van der Waals surface area contributed by atoms with E-state index in [1.807, 2.05) is 6.07 Å². The molecule has 5 aromatic carbocycles. The first-order chi connectivity index (χ1) is 22.6. The first-order valence-electron chi connectivity index (χ1n) is 15.8. The van der Waals surface area contributed by atoms with Crippen LogP contribution in [0.5, 0.6) is 0 Å². The number of hydrogen-bond donors (Lipinski definition) is 0. The summed E-state index contributed by atoms with van der Waals surface area (Å²) in [6.07, 6.45) is 8.79. The van der Waals surface area contributed by atoms with Gasteiger partial charge < -0.3 is 0 Å². The fourth-order valence-corrected chi connectivity index (χ4v) is 7.42. The van der Waals surface area contributed by atoms with Gasteiger partial charge in [0, 0.05) is 27.6 Å². The second-order valence-corrected chi connectivity index (χ2v) is 12.3.